The van der Waals surface area contributed by atoms with Gasteiger partial charge in [0.1, 0.15) is 0 Å². The van der Waals surface area contributed by atoms with Crippen LogP contribution < -0.4 is 5.32 Å². The molecule has 0 bridgehead atoms. The summed E-state index contributed by atoms with van der Waals surface area (Å²) in [6.45, 7) is 9.67. The van der Waals surface area contributed by atoms with Gasteiger partial charge in [0, 0.05) is 54.5 Å². The highest BCUT2D eigenvalue weighted by molar-refractivity contribution is 7.80. The van der Waals surface area contributed by atoms with Crippen LogP contribution in [0, 0.1) is 13.8 Å². The molecule has 34 heavy (non-hydrogen) atoms. The molecule has 8 heteroatoms. The molecule has 2 aliphatic heterocycles. The van der Waals surface area contributed by atoms with E-state index in [1.165, 1.54) is 17.0 Å². The number of aromatic nitrogens is 2. The molecule has 0 radical (unpaired) electrons. The summed E-state index contributed by atoms with van der Waals surface area (Å²) in [7, 11) is 0. The highest BCUT2D eigenvalue weighted by atomic mass is 35.5. The molecule has 6 nitrogen and oxygen atoms in total. The van der Waals surface area contributed by atoms with Gasteiger partial charge >= 0.3 is 0 Å². The Morgan fingerprint density at radius 3 is 2.56 bits per heavy atom. The number of ether oxygens (including phenoxy) is 1. The topological polar surface area (TPSA) is 45.6 Å². The molecule has 2 aromatic heterocycles. The highest BCUT2D eigenvalue weighted by Crippen LogP contribution is 2.41. The van der Waals surface area contributed by atoms with Crippen LogP contribution in [0.1, 0.15) is 34.7 Å². The van der Waals surface area contributed by atoms with E-state index < -0.39 is 0 Å². The summed E-state index contributed by atoms with van der Waals surface area (Å²) in [6.07, 6.45) is 1.85. The summed E-state index contributed by atoms with van der Waals surface area (Å²) >= 11 is 12.0. The Hall–Kier alpha value is -2.45. The van der Waals surface area contributed by atoms with Crippen molar-refractivity contribution in [2.75, 3.05) is 39.4 Å². The summed E-state index contributed by atoms with van der Waals surface area (Å²) in [5, 5.41) is 5.10. The molecule has 3 aromatic rings. The van der Waals surface area contributed by atoms with Gasteiger partial charge in [-0.05, 0) is 74.1 Å². The van der Waals surface area contributed by atoms with Gasteiger partial charge in [-0.2, -0.15) is 0 Å². The van der Waals surface area contributed by atoms with Crippen molar-refractivity contribution >= 4 is 28.9 Å². The molecule has 1 aromatic carbocycles. The zero-order valence-corrected chi connectivity index (χ0v) is 21.1. The molecule has 0 unspecified atom stereocenters. The van der Waals surface area contributed by atoms with E-state index in [0.29, 0.717) is 0 Å². The van der Waals surface area contributed by atoms with Crippen molar-refractivity contribution in [3.8, 4) is 5.69 Å². The number of nitrogens with one attached hydrogen (secondary N) is 1. The fourth-order valence-corrected chi connectivity index (χ4v) is 5.59. The maximum atomic E-state index is 6.15. The predicted octanol–water partition coefficient (Wildman–Crippen LogP) is 4.45. The number of pyridine rings is 1. The Morgan fingerprint density at radius 1 is 1.09 bits per heavy atom. The first-order valence-electron chi connectivity index (χ1n) is 11.8. The molecule has 0 spiro atoms. The van der Waals surface area contributed by atoms with Crippen LogP contribution in [0.2, 0.25) is 5.02 Å². The van der Waals surface area contributed by atoms with Gasteiger partial charge in [0.05, 0.1) is 31.0 Å². The number of hydrogen-bond donors (Lipinski definition) is 1. The van der Waals surface area contributed by atoms with Crippen molar-refractivity contribution in [1.82, 2.24) is 24.7 Å². The van der Waals surface area contributed by atoms with Crippen LogP contribution >= 0.6 is 23.8 Å². The molecule has 5 rings (SSSR count). The van der Waals surface area contributed by atoms with Gasteiger partial charge in [-0.25, -0.2) is 0 Å². The first kappa shape index (κ1) is 23.3. The van der Waals surface area contributed by atoms with Crippen LogP contribution in [0.25, 0.3) is 5.69 Å². The minimum Gasteiger partial charge on any atom is -0.379 e. The smallest absolute Gasteiger partial charge is 0.170 e. The number of hydrogen-bond acceptors (Lipinski definition) is 4. The monoisotopic (exact) mass is 495 g/mol. The summed E-state index contributed by atoms with van der Waals surface area (Å²) in [4.78, 5) is 9.48. The number of thiocarbonyl (C=S) groups is 1. The largest absolute Gasteiger partial charge is 0.379 e. The standard InChI is InChI=1S/C26H30ClN5OS/c1-18-17-22(19(2)32(18)21-8-6-20(27)7-9-21)25-24(23-5-3-4-10-28-23)29-26(34)31(25)12-11-30-13-15-33-16-14-30/h3-10,17,24-25H,11-16H2,1-2H3,(H,29,34)/t24-,25+/m0/s1. The highest BCUT2D eigenvalue weighted by Gasteiger charge is 2.41. The first-order chi connectivity index (χ1) is 16.5. The third-order valence-electron chi connectivity index (χ3n) is 6.83. The normalized spacial score (nSPS) is 21.1. The van der Waals surface area contributed by atoms with Crippen LogP contribution in [0.15, 0.2) is 54.7 Å². The third-order valence-corrected chi connectivity index (χ3v) is 7.44. The average Bonchev–Trinajstić information content (AvgIpc) is 3.34. The zero-order chi connectivity index (χ0) is 23.7. The molecule has 2 fully saturated rings. The summed E-state index contributed by atoms with van der Waals surface area (Å²) < 4.78 is 7.82. The molecule has 0 aliphatic carbocycles. The van der Waals surface area contributed by atoms with Crippen LogP contribution in [0.4, 0.5) is 0 Å². The predicted molar refractivity (Wildman–Crippen MR) is 140 cm³/mol. The van der Waals surface area contributed by atoms with Gasteiger partial charge in [0.2, 0.25) is 0 Å². The number of rotatable bonds is 6. The van der Waals surface area contributed by atoms with Crippen molar-refractivity contribution in [1.29, 1.82) is 0 Å². The van der Waals surface area contributed by atoms with E-state index in [1.807, 2.05) is 30.5 Å². The summed E-state index contributed by atoms with van der Waals surface area (Å²) in [5.74, 6) is 0. The lowest BCUT2D eigenvalue weighted by Crippen LogP contribution is -2.42. The molecular weight excluding hydrogens is 466 g/mol. The van der Waals surface area contributed by atoms with Crippen LogP contribution in [-0.4, -0.2) is 63.9 Å². The van der Waals surface area contributed by atoms with Crippen molar-refractivity contribution in [2.45, 2.75) is 25.9 Å². The third kappa shape index (κ3) is 4.58. The SMILES string of the molecule is Cc1cc([C@@H]2[C@H](c3ccccn3)NC(=S)N2CCN2CCOCC2)c(C)n1-c1ccc(Cl)cc1. The molecule has 0 saturated carbocycles. The van der Waals surface area contributed by atoms with E-state index in [2.05, 4.69) is 62.8 Å². The van der Waals surface area contributed by atoms with Gasteiger partial charge in [0.25, 0.3) is 0 Å². The molecule has 0 amide bonds. The van der Waals surface area contributed by atoms with Crippen molar-refractivity contribution < 1.29 is 4.74 Å². The van der Waals surface area contributed by atoms with Gasteiger partial charge in [-0.1, -0.05) is 17.7 Å². The van der Waals surface area contributed by atoms with E-state index in [0.717, 1.165) is 60.9 Å². The summed E-state index contributed by atoms with van der Waals surface area (Å²) in [5.41, 5.74) is 5.75. The van der Waals surface area contributed by atoms with Crippen LogP contribution in [0.5, 0.6) is 0 Å². The minimum absolute atomic E-state index is 0.0162. The second kappa shape index (κ2) is 10.0. The van der Waals surface area contributed by atoms with Crippen molar-refractivity contribution in [3.63, 3.8) is 0 Å². The van der Waals surface area contributed by atoms with Crippen molar-refractivity contribution in [2.24, 2.45) is 0 Å². The molecule has 2 atom stereocenters. The van der Waals surface area contributed by atoms with E-state index in [9.17, 15) is 0 Å². The molecule has 4 heterocycles. The first-order valence-corrected chi connectivity index (χ1v) is 12.5. The Morgan fingerprint density at radius 2 is 1.85 bits per heavy atom. The Bertz CT molecular complexity index is 1140. The van der Waals surface area contributed by atoms with Crippen molar-refractivity contribution in [3.05, 3.63) is 82.4 Å². The van der Waals surface area contributed by atoms with E-state index in [4.69, 9.17) is 28.6 Å². The fraction of sp³-hybridized carbons (Fsp3) is 0.385. The lowest BCUT2D eigenvalue weighted by atomic mass is 9.96. The number of nitrogens with zero attached hydrogens (tertiary/aromatic N) is 4. The van der Waals surface area contributed by atoms with E-state index in [-0.39, 0.29) is 12.1 Å². The molecular formula is C26H30ClN5OS. The van der Waals surface area contributed by atoms with Gasteiger partial charge < -0.3 is 19.5 Å². The second-order valence-electron chi connectivity index (χ2n) is 8.91. The maximum absolute atomic E-state index is 6.15. The zero-order valence-electron chi connectivity index (χ0n) is 19.6. The Kier molecular flexibility index (Phi) is 6.88. The average molecular weight is 496 g/mol. The minimum atomic E-state index is -0.0162. The van der Waals surface area contributed by atoms with E-state index >= 15 is 0 Å². The van der Waals surface area contributed by atoms with Crippen LogP contribution in [0.3, 0.4) is 0 Å². The second-order valence-corrected chi connectivity index (χ2v) is 9.74. The number of aryl methyl sites for hydroxylation is 1. The lowest BCUT2D eigenvalue weighted by molar-refractivity contribution is 0.0350. The molecule has 178 valence electrons. The van der Waals surface area contributed by atoms with Crippen LogP contribution in [-0.2, 0) is 4.74 Å². The maximum Gasteiger partial charge on any atom is 0.170 e. The number of morpholine rings is 1. The Balaban J connectivity index is 1.52. The molecule has 2 aliphatic rings. The number of benzene rings is 1. The lowest BCUT2D eigenvalue weighted by Gasteiger charge is -2.32. The number of halogens is 1. The van der Waals surface area contributed by atoms with E-state index in [1.54, 1.807) is 0 Å². The fourth-order valence-electron chi connectivity index (χ4n) is 5.13. The molecule has 2 saturated heterocycles. The summed E-state index contributed by atoms with van der Waals surface area (Å²) in [6, 6.07) is 16.4. The quantitative estimate of drug-likeness (QED) is 0.510. The van der Waals surface area contributed by atoms with Gasteiger partial charge in [0.15, 0.2) is 5.11 Å². The van der Waals surface area contributed by atoms with Gasteiger partial charge in [-0.15, -0.1) is 0 Å². The Labute approximate surface area is 211 Å². The van der Waals surface area contributed by atoms with Gasteiger partial charge in [-0.3, -0.25) is 9.88 Å². The molecule has 1 N–H and O–H groups in total.